The minimum Gasteiger partial charge on any atom is -0.454 e. The van der Waals surface area contributed by atoms with E-state index in [-0.39, 0.29) is 12.8 Å². The van der Waals surface area contributed by atoms with E-state index >= 15 is 0 Å². The van der Waals surface area contributed by atoms with Crippen LogP contribution in [0.25, 0.3) is 11.3 Å². The van der Waals surface area contributed by atoms with Gasteiger partial charge in [-0.2, -0.15) is 5.10 Å². The van der Waals surface area contributed by atoms with Crippen LogP contribution in [-0.2, 0) is 16.4 Å². The number of fused-ring (bicyclic) bond motifs is 1. The Morgan fingerprint density at radius 3 is 2.75 bits per heavy atom. The lowest BCUT2D eigenvalue weighted by molar-refractivity contribution is 0.100. The molecule has 1 atom stereocenters. The Bertz CT molecular complexity index is 966. The molecule has 2 aromatic rings. The summed E-state index contributed by atoms with van der Waals surface area (Å²) in [5, 5.41) is 7.37. The van der Waals surface area contributed by atoms with E-state index in [0.717, 1.165) is 67.5 Å². The van der Waals surface area contributed by atoms with Gasteiger partial charge < -0.3 is 9.47 Å². The molecule has 3 aliphatic rings. The molecular formula is C19H24N4O4S. The van der Waals surface area contributed by atoms with Crippen LogP contribution in [0.2, 0.25) is 0 Å². The fourth-order valence-electron chi connectivity index (χ4n) is 4.32. The summed E-state index contributed by atoms with van der Waals surface area (Å²) in [6.45, 7) is 4.78. The number of nitrogens with one attached hydrogen (secondary N) is 1. The molecule has 3 aliphatic heterocycles. The largest absolute Gasteiger partial charge is 0.454 e. The van der Waals surface area contributed by atoms with Crippen molar-refractivity contribution in [2.45, 2.75) is 19.0 Å². The second kappa shape index (κ2) is 7.06. The molecule has 1 aromatic heterocycles. The number of H-pyrrole nitrogens is 1. The van der Waals surface area contributed by atoms with Crippen LogP contribution >= 0.6 is 0 Å². The third-order valence-corrected chi connectivity index (χ3v) is 7.66. The predicted octanol–water partition coefficient (Wildman–Crippen LogP) is 1.11. The summed E-state index contributed by atoms with van der Waals surface area (Å²) in [7, 11) is -2.83. The maximum Gasteiger partial charge on any atom is 0.231 e. The van der Waals surface area contributed by atoms with Crippen molar-refractivity contribution in [3.63, 3.8) is 0 Å². The molecule has 0 aliphatic carbocycles. The average molecular weight is 404 g/mol. The van der Waals surface area contributed by atoms with Gasteiger partial charge in [0.1, 0.15) is 0 Å². The molecule has 4 heterocycles. The summed E-state index contributed by atoms with van der Waals surface area (Å²) >= 11 is 0. The predicted molar refractivity (Wildman–Crippen MR) is 104 cm³/mol. The molecule has 28 heavy (non-hydrogen) atoms. The molecule has 0 amide bonds. The SMILES string of the molecule is O=S1(=O)CC[C@@H](N2CCN(Cc3cn[nH]c3-c3ccc4c(c3)OCO4)CC2)C1. The molecule has 0 bridgehead atoms. The van der Waals surface area contributed by atoms with Crippen molar-refractivity contribution in [2.75, 3.05) is 44.5 Å². The number of benzene rings is 1. The van der Waals surface area contributed by atoms with E-state index in [0.29, 0.717) is 11.5 Å². The Morgan fingerprint density at radius 1 is 1.14 bits per heavy atom. The Hall–Kier alpha value is -2.10. The number of sulfone groups is 1. The van der Waals surface area contributed by atoms with E-state index in [1.54, 1.807) is 0 Å². The van der Waals surface area contributed by atoms with Crippen LogP contribution in [-0.4, -0.2) is 78.9 Å². The molecule has 0 radical (unpaired) electrons. The third kappa shape index (κ3) is 3.49. The summed E-state index contributed by atoms with van der Waals surface area (Å²) in [6.07, 6.45) is 2.66. The fraction of sp³-hybridized carbons (Fsp3) is 0.526. The first kappa shape index (κ1) is 18.0. The average Bonchev–Trinajstić information content (AvgIpc) is 3.41. The van der Waals surface area contributed by atoms with Crippen molar-refractivity contribution in [1.29, 1.82) is 0 Å². The van der Waals surface area contributed by atoms with Crippen molar-refractivity contribution >= 4 is 9.84 Å². The van der Waals surface area contributed by atoms with Crippen LogP contribution in [0.4, 0.5) is 0 Å². The summed E-state index contributed by atoms with van der Waals surface area (Å²) in [5.41, 5.74) is 3.19. The Kier molecular flexibility index (Phi) is 4.53. The molecule has 1 N–H and O–H groups in total. The quantitative estimate of drug-likeness (QED) is 0.817. The number of rotatable bonds is 4. The van der Waals surface area contributed by atoms with Gasteiger partial charge in [-0.3, -0.25) is 14.9 Å². The maximum absolute atomic E-state index is 11.7. The highest BCUT2D eigenvalue weighted by Crippen LogP contribution is 2.36. The molecule has 9 heteroatoms. The smallest absolute Gasteiger partial charge is 0.231 e. The molecular weight excluding hydrogens is 380 g/mol. The van der Waals surface area contributed by atoms with Crippen LogP contribution in [0.15, 0.2) is 24.4 Å². The Morgan fingerprint density at radius 2 is 1.96 bits per heavy atom. The first-order valence-corrected chi connectivity index (χ1v) is 11.5. The van der Waals surface area contributed by atoms with Gasteiger partial charge in [0.2, 0.25) is 6.79 Å². The number of aromatic amines is 1. The lowest BCUT2D eigenvalue weighted by Gasteiger charge is -2.37. The first-order chi connectivity index (χ1) is 13.6. The summed E-state index contributed by atoms with van der Waals surface area (Å²) in [4.78, 5) is 4.75. The number of nitrogens with zero attached hydrogens (tertiary/aromatic N) is 3. The zero-order valence-corrected chi connectivity index (χ0v) is 16.5. The maximum atomic E-state index is 11.7. The van der Waals surface area contributed by atoms with Gasteiger partial charge in [-0.05, 0) is 24.6 Å². The molecule has 8 nitrogen and oxygen atoms in total. The number of ether oxygens (including phenoxy) is 2. The highest BCUT2D eigenvalue weighted by atomic mass is 32.2. The van der Waals surface area contributed by atoms with Crippen molar-refractivity contribution in [2.24, 2.45) is 0 Å². The van der Waals surface area contributed by atoms with E-state index in [2.05, 4.69) is 20.0 Å². The highest BCUT2D eigenvalue weighted by Gasteiger charge is 2.33. The van der Waals surface area contributed by atoms with Crippen molar-refractivity contribution in [1.82, 2.24) is 20.0 Å². The summed E-state index contributed by atoms with van der Waals surface area (Å²) in [6, 6.07) is 6.13. The van der Waals surface area contributed by atoms with E-state index < -0.39 is 9.84 Å². The molecule has 2 fully saturated rings. The van der Waals surface area contributed by atoms with Crippen molar-refractivity contribution in [3.05, 3.63) is 30.0 Å². The number of piperazine rings is 1. The van der Waals surface area contributed by atoms with Crippen LogP contribution in [0.5, 0.6) is 11.5 Å². The lowest BCUT2D eigenvalue weighted by Crippen LogP contribution is -2.50. The Balaban J connectivity index is 1.23. The van der Waals surface area contributed by atoms with Gasteiger partial charge in [-0.1, -0.05) is 0 Å². The van der Waals surface area contributed by atoms with Crippen LogP contribution in [0, 0.1) is 0 Å². The lowest BCUT2D eigenvalue weighted by atomic mass is 10.1. The van der Waals surface area contributed by atoms with Gasteiger partial charge in [0, 0.05) is 49.9 Å². The molecule has 0 saturated carbocycles. The molecule has 1 aromatic carbocycles. The molecule has 0 spiro atoms. The fourth-order valence-corrected chi connectivity index (χ4v) is 6.09. The third-order valence-electron chi connectivity index (χ3n) is 5.90. The van der Waals surface area contributed by atoms with Gasteiger partial charge >= 0.3 is 0 Å². The topological polar surface area (TPSA) is 87.8 Å². The summed E-state index contributed by atoms with van der Waals surface area (Å²) < 4.78 is 34.4. The van der Waals surface area contributed by atoms with E-state index in [4.69, 9.17) is 9.47 Å². The van der Waals surface area contributed by atoms with Crippen molar-refractivity contribution < 1.29 is 17.9 Å². The van der Waals surface area contributed by atoms with E-state index in [1.165, 1.54) is 0 Å². The van der Waals surface area contributed by atoms with Crippen LogP contribution in [0.1, 0.15) is 12.0 Å². The number of aromatic nitrogens is 2. The monoisotopic (exact) mass is 404 g/mol. The Labute approximate surface area is 164 Å². The molecule has 5 rings (SSSR count). The van der Waals surface area contributed by atoms with Gasteiger partial charge in [0.15, 0.2) is 21.3 Å². The molecule has 2 saturated heterocycles. The van der Waals surface area contributed by atoms with Gasteiger partial charge in [-0.15, -0.1) is 0 Å². The molecule has 0 unspecified atom stereocenters. The van der Waals surface area contributed by atoms with E-state index in [1.807, 2.05) is 24.4 Å². The van der Waals surface area contributed by atoms with Crippen molar-refractivity contribution in [3.8, 4) is 22.8 Å². The van der Waals surface area contributed by atoms with Crippen LogP contribution < -0.4 is 9.47 Å². The second-order valence-corrected chi connectivity index (χ2v) is 9.94. The van der Waals surface area contributed by atoms with E-state index in [9.17, 15) is 8.42 Å². The second-order valence-electron chi connectivity index (χ2n) is 7.71. The van der Waals surface area contributed by atoms with Crippen LogP contribution in [0.3, 0.4) is 0 Å². The highest BCUT2D eigenvalue weighted by molar-refractivity contribution is 7.91. The number of hydrogen-bond acceptors (Lipinski definition) is 7. The summed E-state index contributed by atoms with van der Waals surface area (Å²) in [5.74, 6) is 2.20. The normalized spacial score (nSPS) is 24.6. The first-order valence-electron chi connectivity index (χ1n) is 9.66. The van der Waals surface area contributed by atoms with Gasteiger partial charge in [0.05, 0.1) is 23.4 Å². The van der Waals surface area contributed by atoms with Gasteiger partial charge in [0.25, 0.3) is 0 Å². The minimum atomic E-state index is -2.83. The zero-order chi connectivity index (χ0) is 19.1. The molecule has 150 valence electrons. The van der Waals surface area contributed by atoms with Gasteiger partial charge in [-0.25, -0.2) is 8.42 Å². The number of hydrogen-bond donors (Lipinski definition) is 1. The standard InChI is InChI=1S/C19H24N4O4S/c24-28(25)8-3-16(12-28)23-6-4-22(5-7-23)11-15-10-20-21-19(15)14-1-2-17-18(9-14)27-13-26-17/h1-2,9-10,16H,3-8,11-13H2,(H,20,21)/t16-/m1/s1. The zero-order valence-electron chi connectivity index (χ0n) is 15.6. The minimum absolute atomic E-state index is 0.199.